The summed E-state index contributed by atoms with van der Waals surface area (Å²) in [5.41, 5.74) is 1.44. The molecule has 0 fully saturated rings. The van der Waals surface area contributed by atoms with Gasteiger partial charge in [-0.3, -0.25) is 5.32 Å². The minimum atomic E-state index is -0.433. The molecule has 20 heavy (non-hydrogen) atoms. The number of aromatic nitrogens is 3. The first-order valence-corrected chi connectivity index (χ1v) is 5.72. The van der Waals surface area contributed by atoms with Crippen molar-refractivity contribution in [2.24, 2.45) is 0 Å². The van der Waals surface area contributed by atoms with Gasteiger partial charge in [0.05, 0.1) is 12.7 Å². The van der Waals surface area contributed by atoms with Crippen molar-refractivity contribution >= 4 is 29.1 Å². The van der Waals surface area contributed by atoms with Gasteiger partial charge in [-0.2, -0.15) is 4.98 Å². The lowest BCUT2D eigenvalue weighted by molar-refractivity contribution is 0.0601. The lowest BCUT2D eigenvalue weighted by Crippen LogP contribution is -2.00. The highest BCUT2D eigenvalue weighted by Crippen LogP contribution is 2.22. The van der Waals surface area contributed by atoms with Crippen molar-refractivity contribution < 1.29 is 18.4 Å². The second kappa shape index (κ2) is 4.65. The van der Waals surface area contributed by atoms with Gasteiger partial charge in [0, 0.05) is 6.92 Å². The molecule has 0 aliphatic heterocycles. The Kier molecular flexibility index (Phi) is 2.82. The molecule has 8 nitrogen and oxygen atoms in total. The summed E-state index contributed by atoms with van der Waals surface area (Å²) < 4.78 is 15.2. The van der Waals surface area contributed by atoms with Crippen molar-refractivity contribution in [3.8, 4) is 0 Å². The van der Waals surface area contributed by atoms with Crippen molar-refractivity contribution in [1.29, 1.82) is 0 Å². The van der Waals surface area contributed by atoms with E-state index in [1.165, 1.54) is 7.11 Å². The summed E-state index contributed by atoms with van der Waals surface area (Å²) in [6, 6.07) is 5.20. The zero-order valence-corrected chi connectivity index (χ0v) is 10.7. The van der Waals surface area contributed by atoms with Crippen molar-refractivity contribution in [1.82, 2.24) is 15.2 Å². The number of rotatable bonds is 3. The predicted octanol–water partition coefficient (Wildman–Crippen LogP) is 2.05. The topological polar surface area (TPSA) is 103 Å². The van der Waals surface area contributed by atoms with Gasteiger partial charge in [0.2, 0.25) is 5.89 Å². The molecule has 8 heteroatoms. The summed E-state index contributed by atoms with van der Waals surface area (Å²) in [4.78, 5) is 15.6. The zero-order valence-electron chi connectivity index (χ0n) is 10.7. The summed E-state index contributed by atoms with van der Waals surface area (Å²) in [6.07, 6.45) is 0. The molecule has 0 saturated carbocycles. The van der Waals surface area contributed by atoms with Crippen LogP contribution in [0.3, 0.4) is 0 Å². The first kappa shape index (κ1) is 12.2. The fourth-order valence-corrected chi connectivity index (χ4v) is 1.66. The Labute approximate surface area is 112 Å². The Morgan fingerprint density at radius 2 is 2.10 bits per heavy atom. The third-order valence-corrected chi connectivity index (χ3v) is 2.55. The molecule has 0 amide bonds. The van der Waals surface area contributed by atoms with Crippen LogP contribution in [-0.4, -0.2) is 28.3 Å². The van der Waals surface area contributed by atoms with Crippen LogP contribution in [0.1, 0.15) is 16.2 Å². The molecule has 2 heterocycles. The number of hydrogen-bond donors (Lipinski definition) is 1. The molecule has 1 aromatic carbocycles. The number of benzene rings is 1. The number of aryl methyl sites for hydroxylation is 1. The average molecular weight is 274 g/mol. The normalized spacial score (nSPS) is 10.7. The molecule has 0 aliphatic rings. The maximum Gasteiger partial charge on any atom is 0.337 e. The molecular weight excluding hydrogens is 264 g/mol. The number of carbonyl (C=O) groups is 1. The van der Waals surface area contributed by atoms with E-state index in [-0.39, 0.29) is 12.0 Å². The molecule has 1 N–H and O–H groups in total. The summed E-state index contributed by atoms with van der Waals surface area (Å²) in [5, 5.41) is 10.2. The molecule has 0 atom stereocenters. The Balaban J connectivity index is 1.92. The van der Waals surface area contributed by atoms with Crippen LogP contribution < -0.4 is 5.32 Å². The van der Waals surface area contributed by atoms with E-state index in [1.807, 2.05) is 0 Å². The highest BCUT2D eigenvalue weighted by molar-refractivity contribution is 5.93. The van der Waals surface area contributed by atoms with Crippen molar-refractivity contribution in [3.05, 3.63) is 29.7 Å². The largest absolute Gasteiger partial charge is 0.465 e. The van der Waals surface area contributed by atoms with Crippen molar-refractivity contribution in [2.45, 2.75) is 6.92 Å². The van der Waals surface area contributed by atoms with Gasteiger partial charge in [-0.1, -0.05) is 5.10 Å². The molecule has 0 unspecified atom stereocenters. The number of esters is 1. The van der Waals surface area contributed by atoms with Gasteiger partial charge in [0.1, 0.15) is 5.52 Å². The number of nitrogens with zero attached hydrogens (tertiary/aromatic N) is 3. The molecule has 102 valence electrons. The molecule has 3 aromatic rings. The molecule has 0 bridgehead atoms. The van der Waals surface area contributed by atoms with E-state index in [1.54, 1.807) is 25.1 Å². The quantitative estimate of drug-likeness (QED) is 0.724. The Morgan fingerprint density at radius 3 is 2.80 bits per heavy atom. The van der Waals surface area contributed by atoms with Gasteiger partial charge in [0.25, 0.3) is 0 Å². The number of ether oxygens (including phenoxy) is 1. The van der Waals surface area contributed by atoms with E-state index < -0.39 is 5.97 Å². The first-order chi connectivity index (χ1) is 9.65. The lowest BCUT2D eigenvalue weighted by Gasteiger charge is -1.96. The first-order valence-electron chi connectivity index (χ1n) is 5.72. The molecular formula is C12H10N4O4. The fraction of sp³-hybridized carbons (Fsp3) is 0.167. The standard InChI is InChI=1S/C12H10N4O4/c1-6-15-16-12(19-6)14-11-13-8-5-7(10(17)18-2)3-4-9(8)20-11/h3-5H,1-2H3,(H,13,14,16). The van der Waals surface area contributed by atoms with E-state index >= 15 is 0 Å². The van der Waals surface area contributed by atoms with Gasteiger partial charge in [0.15, 0.2) is 5.58 Å². The summed E-state index contributed by atoms with van der Waals surface area (Å²) >= 11 is 0. The van der Waals surface area contributed by atoms with E-state index in [0.717, 1.165) is 0 Å². The van der Waals surface area contributed by atoms with Gasteiger partial charge >= 0.3 is 18.0 Å². The second-order valence-corrected chi connectivity index (χ2v) is 3.94. The Bertz CT molecular complexity index is 777. The summed E-state index contributed by atoms with van der Waals surface area (Å²) in [6.45, 7) is 1.67. The number of hydrogen-bond acceptors (Lipinski definition) is 8. The number of methoxy groups -OCH3 is 1. The number of anilines is 2. The van der Waals surface area contributed by atoms with E-state index in [4.69, 9.17) is 8.83 Å². The predicted molar refractivity (Wildman–Crippen MR) is 67.7 cm³/mol. The van der Waals surface area contributed by atoms with Crippen LogP contribution in [-0.2, 0) is 4.74 Å². The van der Waals surface area contributed by atoms with Crippen LogP contribution in [0.25, 0.3) is 11.1 Å². The minimum Gasteiger partial charge on any atom is -0.465 e. The smallest absolute Gasteiger partial charge is 0.337 e. The van der Waals surface area contributed by atoms with Gasteiger partial charge in [-0.05, 0) is 18.2 Å². The minimum absolute atomic E-state index is 0.183. The molecule has 0 aliphatic carbocycles. The van der Waals surface area contributed by atoms with E-state index in [0.29, 0.717) is 22.6 Å². The van der Waals surface area contributed by atoms with Crippen LogP contribution in [0.15, 0.2) is 27.0 Å². The lowest BCUT2D eigenvalue weighted by atomic mass is 10.2. The molecule has 0 spiro atoms. The maximum absolute atomic E-state index is 11.4. The Hall–Kier alpha value is -2.90. The monoisotopic (exact) mass is 274 g/mol. The molecule has 0 radical (unpaired) electrons. The Morgan fingerprint density at radius 1 is 1.25 bits per heavy atom. The van der Waals surface area contributed by atoms with Crippen LogP contribution in [0.2, 0.25) is 0 Å². The molecule has 2 aromatic heterocycles. The number of oxazole rings is 1. The van der Waals surface area contributed by atoms with Crippen LogP contribution in [0.5, 0.6) is 0 Å². The number of fused-ring (bicyclic) bond motifs is 1. The van der Waals surface area contributed by atoms with E-state index in [9.17, 15) is 4.79 Å². The summed E-state index contributed by atoms with van der Waals surface area (Å²) in [5.74, 6) is -0.00600. The SMILES string of the molecule is COC(=O)c1ccc2oc(Nc3nnc(C)o3)nc2c1. The number of nitrogens with one attached hydrogen (secondary N) is 1. The van der Waals surface area contributed by atoms with E-state index in [2.05, 4.69) is 25.2 Å². The zero-order chi connectivity index (χ0) is 14.1. The third-order valence-electron chi connectivity index (χ3n) is 2.55. The van der Waals surface area contributed by atoms with Gasteiger partial charge in [-0.25, -0.2) is 4.79 Å². The molecule has 0 saturated heterocycles. The fourth-order valence-electron chi connectivity index (χ4n) is 1.66. The van der Waals surface area contributed by atoms with Crippen molar-refractivity contribution in [2.75, 3.05) is 12.4 Å². The van der Waals surface area contributed by atoms with Crippen LogP contribution in [0, 0.1) is 6.92 Å². The van der Waals surface area contributed by atoms with Crippen LogP contribution >= 0.6 is 0 Å². The highest BCUT2D eigenvalue weighted by Gasteiger charge is 2.12. The summed E-state index contributed by atoms with van der Waals surface area (Å²) in [7, 11) is 1.32. The molecule has 3 rings (SSSR count). The van der Waals surface area contributed by atoms with Crippen molar-refractivity contribution in [3.63, 3.8) is 0 Å². The maximum atomic E-state index is 11.4. The highest BCUT2D eigenvalue weighted by atomic mass is 16.5. The number of carbonyl (C=O) groups excluding carboxylic acids is 1. The third kappa shape index (κ3) is 2.18. The van der Waals surface area contributed by atoms with Gasteiger partial charge in [-0.15, -0.1) is 5.10 Å². The van der Waals surface area contributed by atoms with Crippen LogP contribution in [0.4, 0.5) is 12.0 Å². The average Bonchev–Trinajstić information content (AvgIpc) is 3.02. The van der Waals surface area contributed by atoms with Gasteiger partial charge < -0.3 is 13.6 Å². The second-order valence-electron chi connectivity index (χ2n) is 3.94.